The third kappa shape index (κ3) is 4.00. The van der Waals surface area contributed by atoms with Crippen LogP contribution in [0.3, 0.4) is 0 Å². The monoisotopic (exact) mass is 399 g/mol. The minimum atomic E-state index is -3.60. The highest BCUT2D eigenvalue weighted by atomic mass is 32.2. The highest BCUT2D eigenvalue weighted by molar-refractivity contribution is 7.89. The standard InChI is InChI=1S/C21H22FN3O2S/c1-16-2-10-20(11-3-16)28(26,27)25(19-8-9-19)15-21-23-12-13-24(21)14-17-4-6-18(22)7-5-17/h2-7,10-13,19H,8-9,14-15H2,1H3. The van der Waals surface area contributed by atoms with Crippen LogP contribution in [0.1, 0.15) is 29.8 Å². The number of halogens is 1. The summed E-state index contributed by atoms with van der Waals surface area (Å²) in [4.78, 5) is 4.69. The third-order valence-corrected chi connectivity index (χ3v) is 6.86. The van der Waals surface area contributed by atoms with Gasteiger partial charge in [0.05, 0.1) is 11.4 Å². The van der Waals surface area contributed by atoms with Crippen molar-refractivity contribution in [1.82, 2.24) is 13.9 Å². The Morgan fingerprint density at radius 1 is 1.11 bits per heavy atom. The summed E-state index contributed by atoms with van der Waals surface area (Å²) in [6.07, 6.45) is 5.22. The molecule has 28 heavy (non-hydrogen) atoms. The molecule has 0 N–H and O–H groups in total. The van der Waals surface area contributed by atoms with E-state index in [0.717, 1.165) is 24.0 Å². The van der Waals surface area contributed by atoms with Gasteiger partial charge in [0.25, 0.3) is 0 Å². The Balaban J connectivity index is 1.59. The second-order valence-corrected chi connectivity index (χ2v) is 9.08. The van der Waals surface area contributed by atoms with Gasteiger partial charge in [-0.25, -0.2) is 17.8 Å². The van der Waals surface area contributed by atoms with E-state index in [1.165, 1.54) is 12.1 Å². The zero-order valence-electron chi connectivity index (χ0n) is 15.6. The van der Waals surface area contributed by atoms with Crippen molar-refractivity contribution >= 4 is 10.0 Å². The fourth-order valence-corrected chi connectivity index (χ4v) is 4.82. The predicted octanol–water partition coefficient (Wildman–Crippen LogP) is 3.73. The molecule has 1 aromatic heterocycles. The number of hydrogen-bond donors (Lipinski definition) is 0. The van der Waals surface area contributed by atoms with E-state index >= 15 is 0 Å². The van der Waals surface area contributed by atoms with Crippen LogP contribution >= 0.6 is 0 Å². The highest BCUT2D eigenvalue weighted by Crippen LogP contribution is 2.33. The smallest absolute Gasteiger partial charge is 0.243 e. The Labute approximate surface area is 164 Å². The van der Waals surface area contributed by atoms with Crippen LogP contribution in [-0.4, -0.2) is 28.3 Å². The summed E-state index contributed by atoms with van der Waals surface area (Å²) >= 11 is 0. The molecule has 7 heteroatoms. The Bertz CT molecular complexity index is 1060. The molecular formula is C21H22FN3O2S. The quantitative estimate of drug-likeness (QED) is 0.608. The van der Waals surface area contributed by atoms with E-state index in [-0.39, 0.29) is 18.4 Å². The maximum Gasteiger partial charge on any atom is 0.243 e. The maximum absolute atomic E-state index is 13.2. The molecule has 146 valence electrons. The van der Waals surface area contributed by atoms with Crippen LogP contribution < -0.4 is 0 Å². The van der Waals surface area contributed by atoms with Crippen molar-refractivity contribution < 1.29 is 12.8 Å². The first kappa shape index (κ1) is 18.8. The molecule has 0 amide bonds. The van der Waals surface area contributed by atoms with Crippen molar-refractivity contribution in [3.05, 3.63) is 83.7 Å². The number of benzene rings is 2. The fraction of sp³-hybridized carbons (Fsp3) is 0.286. The second-order valence-electron chi connectivity index (χ2n) is 7.19. The van der Waals surface area contributed by atoms with E-state index in [4.69, 9.17) is 0 Å². The maximum atomic E-state index is 13.2. The molecule has 0 spiro atoms. The van der Waals surface area contributed by atoms with E-state index in [1.54, 1.807) is 34.8 Å². The van der Waals surface area contributed by atoms with Gasteiger partial charge in [-0.15, -0.1) is 0 Å². The molecule has 1 aliphatic carbocycles. The van der Waals surface area contributed by atoms with Gasteiger partial charge < -0.3 is 4.57 Å². The van der Waals surface area contributed by atoms with Gasteiger partial charge in [-0.3, -0.25) is 0 Å². The lowest BCUT2D eigenvalue weighted by atomic mass is 10.2. The van der Waals surface area contributed by atoms with Crippen molar-refractivity contribution in [3.63, 3.8) is 0 Å². The number of hydrogen-bond acceptors (Lipinski definition) is 3. The van der Waals surface area contributed by atoms with Gasteiger partial charge >= 0.3 is 0 Å². The SMILES string of the molecule is Cc1ccc(S(=O)(=O)N(Cc2nccn2Cc2ccc(F)cc2)C2CC2)cc1. The Kier molecular flexibility index (Phi) is 5.03. The topological polar surface area (TPSA) is 55.2 Å². The van der Waals surface area contributed by atoms with Gasteiger partial charge in [0.1, 0.15) is 11.6 Å². The van der Waals surface area contributed by atoms with Crippen LogP contribution in [0.4, 0.5) is 4.39 Å². The van der Waals surface area contributed by atoms with Gasteiger partial charge in [0.2, 0.25) is 10.0 Å². The zero-order valence-corrected chi connectivity index (χ0v) is 16.4. The van der Waals surface area contributed by atoms with Crippen molar-refractivity contribution in [3.8, 4) is 0 Å². The lowest BCUT2D eigenvalue weighted by molar-refractivity contribution is 0.383. The minimum Gasteiger partial charge on any atom is -0.329 e. The van der Waals surface area contributed by atoms with Crippen LogP contribution in [0.5, 0.6) is 0 Å². The molecule has 0 atom stereocenters. The molecule has 0 aliphatic heterocycles. The second kappa shape index (κ2) is 7.48. The number of rotatable bonds is 7. The molecule has 2 aromatic carbocycles. The van der Waals surface area contributed by atoms with Crippen LogP contribution in [0.25, 0.3) is 0 Å². The van der Waals surface area contributed by atoms with E-state index in [9.17, 15) is 12.8 Å². The summed E-state index contributed by atoms with van der Waals surface area (Å²) in [6, 6.07) is 13.2. The third-order valence-electron chi connectivity index (χ3n) is 4.95. The Hall–Kier alpha value is -2.51. The molecule has 1 aliphatic rings. The average molecular weight is 399 g/mol. The van der Waals surface area contributed by atoms with Crippen molar-refractivity contribution in [1.29, 1.82) is 0 Å². The summed E-state index contributed by atoms with van der Waals surface area (Å²) in [5.74, 6) is 0.394. The van der Waals surface area contributed by atoms with Gasteiger partial charge in [0, 0.05) is 25.0 Å². The molecule has 3 aromatic rings. The van der Waals surface area contributed by atoms with Gasteiger partial charge in [-0.05, 0) is 49.6 Å². The van der Waals surface area contributed by atoms with Crippen LogP contribution in [0.15, 0.2) is 65.8 Å². The fourth-order valence-electron chi connectivity index (χ4n) is 3.18. The minimum absolute atomic E-state index is 0.0160. The molecule has 0 bridgehead atoms. The van der Waals surface area contributed by atoms with Crippen LogP contribution in [-0.2, 0) is 23.1 Å². The number of sulfonamides is 1. The van der Waals surface area contributed by atoms with Gasteiger partial charge in [-0.2, -0.15) is 4.31 Å². The van der Waals surface area contributed by atoms with Gasteiger partial charge in [0.15, 0.2) is 0 Å². The largest absolute Gasteiger partial charge is 0.329 e. The van der Waals surface area contributed by atoms with Crippen LogP contribution in [0, 0.1) is 12.7 Å². The molecule has 0 radical (unpaired) electrons. The first-order chi connectivity index (χ1) is 13.4. The van der Waals surface area contributed by atoms with Gasteiger partial charge in [-0.1, -0.05) is 29.8 Å². The lowest BCUT2D eigenvalue weighted by Crippen LogP contribution is -2.33. The Morgan fingerprint density at radius 3 is 2.43 bits per heavy atom. The van der Waals surface area contributed by atoms with Crippen molar-refractivity contribution in [2.75, 3.05) is 0 Å². The summed E-state index contributed by atoms with van der Waals surface area (Å²) in [6.45, 7) is 2.66. The normalized spacial score (nSPS) is 14.5. The molecular weight excluding hydrogens is 377 g/mol. The molecule has 1 saturated carbocycles. The van der Waals surface area contributed by atoms with E-state index in [0.29, 0.717) is 17.3 Å². The summed E-state index contributed by atoms with van der Waals surface area (Å²) in [5, 5.41) is 0. The van der Waals surface area contributed by atoms with Crippen molar-refractivity contribution in [2.45, 2.75) is 43.8 Å². The van der Waals surface area contributed by atoms with E-state index in [2.05, 4.69) is 4.98 Å². The zero-order chi connectivity index (χ0) is 19.7. The number of nitrogens with zero attached hydrogens (tertiary/aromatic N) is 3. The lowest BCUT2D eigenvalue weighted by Gasteiger charge is -2.22. The summed E-state index contributed by atoms with van der Waals surface area (Å²) in [7, 11) is -3.60. The van der Waals surface area contributed by atoms with Crippen LogP contribution in [0.2, 0.25) is 0 Å². The number of imidazole rings is 1. The Morgan fingerprint density at radius 2 is 1.79 bits per heavy atom. The first-order valence-electron chi connectivity index (χ1n) is 9.26. The predicted molar refractivity (Wildman–Crippen MR) is 105 cm³/mol. The first-order valence-corrected chi connectivity index (χ1v) is 10.7. The highest BCUT2D eigenvalue weighted by Gasteiger charge is 2.38. The average Bonchev–Trinajstić information content (AvgIpc) is 3.42. The summed E-state index contributed by atoms with van der Waals surface area (Å²) in [5.41, 5.74) is 1.95. The molecule has 1 heterocycles. The molecule has 0 unspecified atom stereocenters. The van der Waals surface area contributed by atoms with E-state index in [1.807, 2.05) is 29.8 Å². The molecule has 5 nitrogen and oxygen atoms in total. The van der Waals surface area contributed by atoms with E-state index < -0.39 is 10.0 Å². The molecule has 1 fully saturated rings. The number of aryl methyl sites for hydroxylation is 1. The molecule has 0 saturated heterocycles. The summed E-state index contributed by atoms with van der Waals surface area (Å²) < 4.78 is 43.0. The van der Waals surface area contributed by atoms with Crippen molar-refractivity contribution in [2.24, 2.45) is 0 Å². The number of aromatic nitrogens is 2. The molecule has 4 rings (SSSR count).